The number of likely N-dealkylation sites (tertiary alicyclic amines) is 1. The molecular weight excluding hydrogens is 314 g/mol. The lowest BCUT2D eigenvalue weighted by Gasteiger charge is -2.34. The first kappa shape index (κ1) is 16.2. The average Bonchev–Trinajstić information content (AvgIpc) is 3.30. The lowest BCUT2D eigenvalue weighted by Crippen LogP contribution is -2.41. The second-order valence-electron chi connectivity index (χ2n) is 6.96. The van der Waals surface area contributed by atoms with Crippen molar-refractivity contribution in [3.8, 4) is 5.75 Å². The summed E-state index contributed by atoms with van der Waals surface area (Å²) in [6, 6.07) is 6.51. The fraction of sp³-hybridized carbons (Fsp3) is 0.500. The molecule has 5 heteroatoms. The molecule has 1 saturated heterocycles. The zero-order valence-electron chi connectivity index (χ0n) is 14.8. The Labute approximate surface area is 148 Å². The van der Waals surface area contributed by atoms with Crippen LogP contribution in [-0.2, 0) is 24.1 Å². The van der Waals surface area contributed by atoms with Gasteiger partial charge in [-0.05, 0) is 30.0 Å². The number of rotatable bonds is 4. The molecule has 0 aliphatic carbocycles. The molecule has 2 aliphatic heterocycles. The van der Waals surface area contributed by atoms with Crippen LogP contribution in [-0.4, -0.2) is 40.1 Å². The number of ether oxygens (including phenoxy) is 1. The van der Waals surface area contributed by atoms with Crippen molar-refractivity contribution in [2.24, 2.45) is 0 Å². The number of hydrogen-bond donors (Lipinski definition) is 0. The van der Waals surface area contributed by atoms with Gasteiger partial charge in [0.1, 0.15) is 11.6 Å². The normalized spacial score (nSPS) is 19.6. The van der Waals surface area contributed by atoms with Crippen LogP contribution in [0.15, 0.2) is 30.6 Å². The first-order valence-corrected chi connectivity index (χ1v) is 9.28. The molecule has 1 fully saturated rings. The summed E-state index contributed by atoms with van der Waals surface area (Å²) in [5, 5.41) is 0. The van der Waals surface area contributed by atoms with Crippen LogP contribution in [0.1, 0.15) is 42.8 Å². The van der Waals surface area contributed by atoms with E-state index in [1.165, 1.54) is 5.56 Å². The minimum absolute atomic E-state index is 0.224. The van der Waals surface area contributed by atoms with Crippen molar-refractivity contribution in [2.45, 2.75) is 45.1 Å². The van der Waals surface area contributed by atoms with E-state index in [9.17, 15) is 4.79 Å². The molecule has 0 spiro atoms. The average molecular weight is 339 g/mol. The third-order valence-corrected chi connectivity index (χ3v) is 5.32. The van der Waals surface area contributed by atoms with Crippen LogP contribution < -0.4 is 4.74 Å². The molecule has 2 aliphatic rings. The van der Waals surface area contributed by atoms with Gasteiger partial charge < -0.3 is 14.2 Å². The van der Waals surface area contributed by atoms with E-state index in [1.54, 1.807) is 0 Å². The van der Waals surface area contributed by atoms with E-state index < -0.39 is 0 Å². The number of amides is 1. The number of aromatic nitrogens is 2. The topological polar surface area (TPSA) is 47.4 Å². The number of hydrogen-bond acceptors (Lipinski definition) is 3. The maximum atomic E-state index is 12.8. The lowest BCUT2D eigenvalue weighted by atomic mass is 10.0. The maximum Gasteiger partial charge on any atom is 0.227 e. The Morgan fingerprint density at radius 2 is 2.32 bits per heavy atom. The largest absolute Gasteiger partial charge is 0.493 e. The van der Waals surface area contributed by atoms with Crippen LogP contribution in [0.4, 0.5) is 0 Å². The number of nitrogens with zero attached hydrogens (tertiary/aromatic N) is 3. The molecule has 1 atom stereocenters. The lowest BCUT2D eigenvalue weighted by molar-refractivity contribution is -0.132. The summed E-state index contributed by atoms with van der Waals surface area (Å²) < 4.78 is 7.80. The van der Waals surface area contributed by atoms with Gasteiger partial charge in [-0.25, -0.2) is 4.98 Å². The van der Waals surface area contributed by atoms with E-state index in [-0.39, 0.29) is 5.91 Å². The molecule has 5 nitrogen and oxygen atoms in total. The number of benzene rings is 1. The molecule has 0 radical (unpaired) electrons. The van der Waals surface area contributed by atoms with Crippen molar-refractivity contribution in [3.63, 3.8) is 0 Å². The maximum absolute atomic E-state index is 12.8. The standard InChI is InChI=1S/C20H25N3O2/c1-2-19-21-8-10-23(19)17-4-3-9-22(14-17)20(24)13-15-5-6-18-16(12-15)7-11-25-18/h5-6,8,10,12,17H,2-4,7,9,11,13-14H2,1H3. The Morgan fingerprint density at radius 1 is 1.40 bits per heavy atom. The van der Waals surface area contributed by atoms with E-state index in [0.29, 0.717) is 12.5 Å². The molecule has 25 heavy (non-hydrogen) atoms. The summed E-state index contributed by atoms with van der Waals surface area (Å²) in [5.74, 6) is 2.31. The van der Waals surface area contributed by atoms with Crippen LogP contribution in [0.2, 0.25) is 0 Å². The Morgan fingerprint density at radius 3 is 3.20 bits per heavy atom. The number of carbonyl (C=O) groups is 1. The van der Waals surface area contributed by atoms with Gasteiger partial charge in [0.15, 0.2) is 0 Å². The Kier molecular flexibility index (Phi) is 4.47. The molecule has 1 aromatic carbocycles. The number of fused-ring (bicyclic) bond motifs is 1. The van der Waals surface area contributed by atoms with Gasteiger partial charge in [0.05, 0.1) is 19.1 Å². The number of aryl methyl sites for hydroxylation is 1. The van der Waals surface area contributed by atoms with Gasteiger partial charge >= 0.3 is 0 Å². The summed E-state index contributed by atoms with van der Waals surface area (Å²) in [7, 11) is 0. The van der Waals surface area contributed by atoms with E-state index >= 15 is 0 Å². The van der Waals surface area contributed by atoms with Crippen molar-refractivity contribution in [3.05, 3.63) is 47.5 Å². The predicted octanol–water partition coefficient (Wildman–Crippen LogP) is 2.79. The second kappa shape index (κ2) is 6.90. The molecule has 0 bridgehead atoms. The highest BCUT2D eigenvalue weighted by Crippen LogP contribution is 2.27. The van der Waals surface area contributed by atoms with Gasteiger partial charge in [0.25, 0.3) is 0 Å². The molecule has 1 amide bonds. The van der Waals surface area contributed by atoms with Crippen molar-refractivity contribution >= 4 is 5.91 Å². The van der Waals surface area contributed by atoms with Gasteiger partial charge in [-0.3, -0.25) is 4.79 Å². The fourth-order valence-corrected chi connectivity index (χ4v) is 3.99. The van der Waals surface area contributed by atoms with Crippen LogP contribution in [0.25, 0.3) is 0 Å². The predicted molar refractivity (Wildman–Crippen MR) is 95.8 cm³/mol. The molecule has 0 saturated carbocycles. The molecule has 132 valence electrons. The molecule has 2 aromatic rings. The first-order chi connectivity index (χ1) is 12.2. The third kappa shape index (κ3) is 3.28. The van der Waals surface area contributed by atoms with Crippen molar-refractivity contribution in [1.29, 1.82) is 0 Å². The Balaban J connectivity index is 1.43. The van der Waals surface area contributed by atoms with Crippen molar-refractivity contribution < 1.29 is 9.53 Å². The SMILES string of the molecule is CCc1nccn1C1CCCN(C(=O)Cc2ccc3c(c2)CCO3)C1. The summed E-state index contributed by atoms with van der Waals surface area (Å²) in [6.45, 7) is 4.53. The number of carbonyl (C=O) groups excluding carboxylic acids is 1. The van der Waals surface area contributed by atoms with Crippen LogP contribution >= 0.6 is 0 Å². The highest BCUT2D eigenvalue weighted by Gasteiger charge is 2.26. The number of imidazole rings is 1. The molecule has 1 aromatic heterocycles. The quantitative estimate of drug-likeness (QED) is 0.860. The van der Waals surface area contributed by atoms with Gasteiger partial charge in [-0.15, -0.1) is 0 Å². The van der Waals surface area contributed by atoms with E-state index in [1.807, 2.05) is 23.2 Å². The zero-order valence-corrected chi connectivity index (χ0v) is 14.8. The fourth-order valence-electron chi connectivity index (χ4n) is 3.99. The number of piperidine rings is 1. The van der Waals surface area contributed by atoms with E-state index in [2.05, 4.69) is 28.7 Å². The van der Waals surface area contributed by atoms with Gasteiger partial charge in [0.2, 0.25) is 5.91 Å². The van der Waals surface area contributed by atoms with Crippen LogP contribution in [0.5, 0.6) is 5.75 Å². The van der Waals surface area contributed by atoms with E-state index in [0.717, 1.165) is 62.5 Å². The molecule has 4 rings (SSSR count). The summed E-state index contributed by atoms with van der Waals surface area (Å²) in [6.07, 6.45) is 8.44. The first-order valence-electron chi connectivity index (χ1n) is 9.28. The summed E-state index contributed by atoms with van der Waals surface area (Å²) in [4.78, 5) is 19.3. The third-order valence-electron chi connectivity index (χ3n) is 5.32. The van der Waals surface area contributed by atoms with E-state index in [4.69, 9.17) is 4.74 Å². The Hall–Kier alpha value is -2.30. The molecule has 3 heterocycles. The highest BCUT2D eigenvalue weighted by molar-refractivity contribution is 5.79. The van der Waals surface area contributed by atoms with Gasteiger partial charge in [0, 0.05) is 38.3 Å². The summed E-state index contributed by atoms with van der Waals surface area (Å²) >= 11 is 0. The molecule has 0 N–H and O–H groups in total. The van der Waals surface area contributed by atoms with Gasteiger partial charge in [-0.1, -0.05) is 19.1 Å². The van der Waals surface area contributed by atoms with Crippen molar-refractivity contribution in [2.75, 3.05) is 19.7 Å². The Bertz CT molecular complexity index is 768. The van der Waals surface area contributed by atoms with Gasteiger partial charge in [-0.2, -0.15) is 0 Å². The van der Waals surface area contributed by atoms with Crippen LogP contribution in [0.3, 0.4) is 0 Å². The highest BCUT2D eigenvalue weighted by atomic mass is 16.5. The monoisotopic (exact) mass is 339 g/mol. The van der Waals surface area contributed by atoms with Crippen molar-refractivity contribution in [1.82, 2.24) is 14.5 Å². The second-order valence-corrected chi connectivity index (χ2v) is 6.96. The molecular formula is C20H25N3O2. The zero-order chi connectivity index (χ0) is 17.2. The minimum Gasteiger partial charge on any atom is -0.493 e. The smallest absolute Gasteiger partial charge is 0.227 e. The minimum atomic E-state index is 0.224. The molecule has 1 unspecified atom stereocenters. The van der Waals surface area contributed by atoms with Crippen LogP contribution in [0, 0.1) is 0 Å². The summed E-state index contributed by atoms with van der Waals surface area (Å²) in [5.41, 5.74) is 2.32.